The van der Waals surface area contributed by atoms with Gasteiger partial charge < -0.3 is 23.7 Å². The molecule has 0 radical (unpaired) electrons. The molecule has 0 bridgehead atoms. The van der Waals surface area contributed by atoms with Gasteiger partial charge in [0.15, 0.2) is 23.0 Å². The average Bonchev–Trinajstić information content (AvgIpc) is 2.82. The molecule has 0 saturated carbocycles. The van der Waals surface area contributed by atoms with Crippen molar-refractivity contribution in [2.24, 2.45) is 0 Å². The molecule has 1 aliphatic heterocycles. The van der Waals surface area contributed by atoms with Crippen molar-refractivity contribution in [1.29, 1.82) is 0 Å². The fourth-order valence-electron chi connectivity index (χ4n) is 3.77. The van der Waals surface area contributed by atoms with Crippen molar-refractivity contribution in [3.05, 3.63) is 41.5 Å². The van der Waals surface area contributed by atoms with Gasteiger partial charge in [0, 0.05) is 6.54 Å². The van der Waals surface area contributed by atoms with Crippen LogP contribution >= 0.6 is 12.4 Å². The molecule has 1 saturated heterocycles. The number of likely N-dealkylation sites (tertiary alicyclic amines) is 1. The number of ether oxygens (including phenoxy) is 5. The summed E-state index contributed by atoms with van der Waals surface area (Å²) in [4.78, 5) is 2.46. The summed E-state index contributed by atoms with van der Waals surface area (Å²) in [6.45, 7) is 3.92. The van der Waals surface area contributed by atoms with E-state index >= 15 is 0 Å². The van der Waals surface area contributed by atoms with Gasteiger partial charge in [-0.05, 0) is 61.3 Å². The largest absolute Gasteiger partial charge is 0.493 e. The summed E-state index contributed by atoms with van der Waals surface area (Å²) < 4.78 is 27.8. The fourth-order valence-corrected chi connectivity index (χ4v) is 3.77. The minimum Gasteiger partial charge on any atom is -0.493 e. The van der Waals surface area contributed by atoms with Crippen LogP contribution in [0.1, 0.15) is 30.4 Å². The van der Waals surface area contributed by atoms with Gasteiger partial charge in [-0.3, -0.25) is 4.90 Å². The maximum atomic E-state index is 6.07. The summed E-state index contributed by atoms with van der Waals surface area (Å²) in [6.07, 6.45) is 7.93. The summed E-state index contributed by atoms with van der Waals surface area (Å²) in [5.41, 5.74) is 1.96. The topological polar surface area (TPSA) is 49.4 Å². The summed E-state index contributed by atoms with van der Waals surface area (Å²) >= 11 is 0. The van der Waals surface area contributed by atoms with Crippen LogP contribution in [0, 0.1) is 0 Å². The van der Waals surface area contributed by atoms with Gasteiger partial charge in [0.2, 0.25) is 5.75 Å². The molecule has 0 N–H and O–H groups in total. The van der Waals surface area contributed by atoms with Crippen molar-refractivity contribution in [2.45, 2.75) is 19.3 Å². The Morgan fingerprint density at radius 3 is 1.91 bits per heavy atom. The minimum absolute atomic E-state index is 0. The van der Waals surface area contributed by atoms with Gasteiger partial charge >= 0.3 is 0 Å². The van der Waals surface area contributed by atoms with E-state index in [2.05, 4.69) is 4.90 Å². The quantitative estimate of drug-likeness (QED) is 0.452. The van der Waals surface area contributed by atoms with E-state index in [-0.39, 0.29) is 12.4 Å². The second kappa shape index (κ2) is 13.1. The molecule has 0 atom stereocenters. The lowest BCUT2D eigenvalue weighted by Gasteiger charge is -2.26. The normalized spacial score (nSPS) is 14.0. The van der Waals surface area contributed by atoms with Crippen molar-refractivity contribution in [3.8, 4) is 28.7 Å². The Kier molecular flexibility index (Phi) is 10.5. The molecule has 0 aliphatic carbocycles. The molecular weight excluding hydrogens is 430 g/mol. The van der Waals surface area contributed by atoms with Crippen LogP contribution in [0.15, 0.2) is 30.3 Å². The highest BCUT2D eigenvalue weighted by Gasteiger charge is 2.13. The zero-order valence-electron chi connectivity index (χ0n) is 19.4. The standard InChI is InChI=1S/C25H33NO5.ClH/c1-27-21-11-10-19(16-22(21)31-15-14-26-12-6-5-7-13-26)8-9-20-17-23(28-2)25(30-4)24(18-20)29-3;/h8-11,16-18H,5-7,12-15H2,1-4H3;1H/b9-8-;. The lowest BCUT2D eigenvalue weighted by Crippen LogP contribution is -2.33. The Balaban J connectivity index is 0.00000363. The minimum atomic E-state index is 0. The fraction of sp³-hybridized carbons (Fsp3) is 0.440. The third-order valence-electron chi connectivity index (χ3n) is 5.46. The first-order chi connectivity index (χ1) is 15.2. The Morgan fingerprint density at radius 1 is 0.719 bits per heavy atom. The summed E-state index contributed by atoms with van der Waals surface area (Å²) in [5, 5.41) is 0. The molecule has 32 heavy (non-hydrogen) atoms. The second-order valence-corrected chi connectivity index (χ2v) is 7.45. The number of hydrogen-bond acceptors (Lipinski definition) is 6. The Bertz CT molecular complexity index is 856. The third-order valence-corrected chi connectivity index (χ3v) is 5.46. The summed E-state index contributed by atoms with van der Waals surface area (Å²) in [6, 6.07) is 9.77. The van der Waals surface area contributed by atoms with Crippen molar-refractivity contribution in [1.82, 2.24) is 4.90 Å². The van der Waals surface area contributed by atoms with E-state index in [4.69, 9.17) is 23.7 Å². The van der Waals surface area contributed by atoms with Crippen LogP contribution in [0.4, 0.5) is 0 Å². The van der Waals surface area contributed by atoms with Crippen LogP contribution in [0.25, 0.3) is 12.2 Å². The monoisotopic (exact) mass is 463 g/mol. The first kappa shape index (κ1) is 25.7. The van der Waals surface area contributed by atoms with E-state index in [1.165, 1.54) is 19.3 Å². The number of piperidine rings is 1. The van der Waals surface area contributed by atoms with Crippen molar-refractivity contribution in [2.75, 3.05) is 54.7 Å². The van der Waals surface area contributed by atoms with E-state index in [1.807, 2.05) is 42.5 Å². The van der Waals surface area contributed by atoms with Crippen LogP contribution in [0.5, 0.6) is 28.7 Å². The smallest absolute Gasteiger partial charge is 0.203 e. The number of halogens is 1. The van der Waals surface area contributed by atoms with E-state index in [1.54, 1.807) is 28.4 Å². The van der Waals surface area contributed by atoms with Crippen LogP contribution < -0.4 is 23.7 Å². The van der Waals surface area contributed by atoms with Gasteiger partial charge in [-0.2, -0.15) is 0 Å². The Morgan fingerprint density at radius 2 is 1.31 bits per heavy atom. The molecule has 6 nitrogen and oxygen atoms in total. The van der Waals surface area contributed by atoms with Crippen LogP contribution in [-0.2, 0) is 0 Å². The van der Waals surface area contributed by atoms with Crippen LogP contribution in [0.2, 0.25) is 0 Å². The molecule has 0 unspecified atom stereocenters. The average molecular weight is 464 g/mol. The number of hydrogen-bond donors (Lipinski definition) is 0. The predicted octanol–water partition coefficient (Wildman–Crippen LogP) is 5.18. The zero-order chi connectivity index (χ0) is 22.1. The summed E-state index contributed by atoms with van der Waals surface area (Å²) in [7, 11) is 6.49. The molecule has 2 aromatic carbocycles. The number of rotatable bonds is 10. The number of methoxy groups -OCH3 is 4. The van der Waals surface area contributed by atoms with E-state index in [0.717, 1.165) is 42.3 Å². The molecule has 0 amide bonds. The highest BCUT2D eigenvalue weighted by Crippen LogP contribution is 2.38. The lowest BCUT2D eigenvalue weighted by molar-refractivity contribution is 0.180. The lowest BCUT2D eigenvalue weighted by atomic mass is 10.1. The number of nitrogens with zero attached hydrogens (tertiary/aromatic N) is 1. The molecule has 0 aromatic heterocycles. The van der Waals surface area contributed by atoms with Gasteiger partial charge in [0.25, 0.3) is 0 Å². The molecule has 176 valence electrons. The maximum Gasteiger partial charge on any atom is 0.203 e. The van der Waals surface area contributed by atoms with Crippen molar-refractivity contribution in [3.63, 3.8) is 0 Å². The molecular formula is C25H34ClNO5. The van der Waals surface area contributed by atoms with Gasteiger partial charge in [0.1, 0.15) is 6.61 Å². The van der Waals surface area contributed by atoms with Crippen molar-refractivity contribution < 1.29 is 23.7 Å². The Hall–Kier alpha value is -2.57. The van der Waals surface area contributed by atoms with E-state index in [9.17, 15) is 0 Å². The molecule has 1 fully saturated rings. The molecule has 7 heteroatoms. The summed E-state index contributed by atoms with van der Waals surface area (Å²) in [5.74, 6) is 3.32. The maximum absolute atomic E-state index is 6.07. The van der Waals surface area contributed by atoms with Gasteiger partial charge in [-0.15, -0.1) is 12.4 Å². The zero-order valence-corrected chi connectivity index (χ0v) is 20.2. The Labute approximate surface area is 197 Å². The van der Waals surface area contributed by atoms with Gasteiger partial charge in [-0.25, -0.2) is 0 Å². The van der Waals surface area contributed by atoms with E-state index in [0.29, 0.717) is 23.9 Å². The molecule has 3 rings (SSSR count). The second-order valence-electron chi connectivity index (χ2n) is 7.45. The van der Waals surface area contributed by atoms with Gasteiger partial charge in [0.05, 0.1) is 28.4 Å². The highest BCUT2D eigenvalue weighted by atomic mass is 35.5. The van der Waals surface area contributed by atoms with E-state index < -0.39 is 0 Å². The number of benzene rings is 2. The molecule has 1 heterocycles. The highest BCUT2D eigenvalue weighted by molar-refractivity contribution is 5.85. The van der Waals surface area contributed by atoms with Crippen LogP contribution in [0.3, 0.4) is 0 Å². The van der Waals surface area contributed by atoms with Crippen molar-refractivity contribution >= 4 is 24.6 Å². The van der Waals surface area contributed by atoms with Gasteiger partial charge in [-0.1, -0.05) is 24.6 Å². The first-order valence-electron chi connectivity index (χ1n) is 10.7. The predicted molar refractivity (Wildman–Crippen MR) is 131 cm³/mol. The molecule has 2 aromatic rings. The third kappa shape index (κ3) is 6.71. The first-order valence-corrected chi connectivity index (χ1v) is 10.7. The SMILES string of the molecule is COc1ccc(/C=C\c2cc(OC)c(OC)c(OC)c2)cc1OCCN1CCCCC1.Cl. The molecule has 0 spiro atoms. The van der Waals surface area contributed by atoms with Crippen LogP contribution in [-0.4, -0.2) is 59.6 Å². The molecule has 1 aliphatic rings.